The number of Topliss-reactive ketones (excluding diaryl/α,β-unsaturated/α-hetero) is 1. The van der Waals surface area contributed by atoms with Gasteiger partial charge in [-0.05, 0) is 0 Å². The van der Waals surface area contributed by atoms with Gasteiger partial charge in [0, 0.05) is 5.56 Å². The minimum absolute atomic E-state index is 0.00277. The van der Waals surface area contributed by atoms with E-state index < -0.39 is 36.7 Å². The van der Waals surface area contributed by atoms with Crippen LogP contribution in [0.2, 0.25) is 0 Å². The summed E-state index contributed by atoms with van der Waals surface area (Å²) in [6.07, 6.45) is -3.30. The molecule has 2 bridgehead atoms. The number of ether oxygens (including phenoxy) is 2. The van der Waals surface area contributed by atoms with E-state index in [1.807, 2.05) is 6.07 Å². The van der Waals surface area contributed by atoms with Crippen LogP contribution < -0.4 is 5.32 Å². The van der Waals surface area contributed by atoms with Gasteiger partial charge in [0.2, 0.25) is 0 Å². The summed E-state index contributed by atoms with van der Waals surface area (Å²) in [4.78, 5) is 12.1. The molecule has 7 nitrogen and oxygen atoms in total. The molecule has 2 saturated heterocycles. The fourth-order valence-corrected chi connectivity index (χ4v) is 2.85. The number of carbonyl (C=O) groups is 1. The maximum absolute atomic E-state index is 12.1. The number of ketones is 1. The van der Waals surface area contributed by atoms with E-state index >= 15 is 0 Å². The van der Waals surface area contributed by atoms with Gasteiger partial charge in [-0.2, -0.15) is 0 Å². The third-order valence-corrected chi connectivity index (χ3v) is 4.23. The van der Waals surface area contributed by atoms with Crippen molar-refractivity contribution in [3.63, 3.8) is 0 Å². The van der Waals surface area contributed by atoms with Crippen LogP contribution in [0.15, 0.2) is 30.3 Å². The Morgan fingerprint density at radius 2 is 2.05 bits per heavy atom. The molecule has 0 aromatic heterocycles. The molecular formula is C15H19NO6. The highest BCUT2D eigenvalue weighted by Crippen LogP contribution is 2.36. The van der Waals surface area contributed by atoms with E-state index in [2.05, 4.69) is 5.32 Å². The van der Waals surface area contributed by atoms with Gasteiger partial charge in [-0.25, -0.2) is 0 Å². The molecule has 0 amide bonds. The Morgan fingerprint density at radius 1 is 1.32 bits per heavy atom. The van der Waals surface area contributed by atoms with Gasteiger partial charge in [-0.3, -0.25) is 10.1 Å². The van der Waals surface area contributed by atoms with E-state index in [1.54, 1.807) is 24.3 Å². The van der Waals surface area contributed by atoms with Gasteiger partial charge in [0.05, 0.1) is 25.8 Å². The summed E-state index contributed by atoms with van der Waals surface area (Å²) in [6.45, 7) is -0.470. The number of nitrogens with one attached hydrogen (secondary N) is 1. The van der Waals surface area contributed by atoms with E-state index in [1.165, 1.54) is 0 Å². The molecule has 22 heavy (non-hydrogen) atoms. The molecule has 1 aromatic rings. The zero-order valence-electron chi connectivity index (χ0n) is 11.9. The molecule has 0 saturated carbocycles. The molecule has 1 unspecified atom stereocenters. The van der Waals surface area contributed by atoms with Crippen molar-refractivity contribution in [3.05, 3.63) is 35.9 Å². The first-order valence-corrected chi connectivity index (χ1v) is 7.15. The first kappa shape index (κ1) is 15.5. The third-order valence-electron chi connectivity index (χ3n) is 4.23. The van der Waals surface area contributed by atoms with E-state index in [9.17, 15) is 20.1 Å². The van der Waals surface area contributed by atoms with Gasteiger partial charge >= 0.3 is 0 Å². The van der Waals surface area contributed by atoms with Crippen LogP contribution in [0.1, 0.15) is 10.4 Å². The van der Waals surface area contributed by atoms with Crippen LogP contribution in [-0.4, -0.2) is 71.0 Å². The van der Waals surface area contributed by atoms with Gasteiger partial charge in [0.1, 0.15) is 17.8 Å². The van der Waals surface area contributed by atoms with Gasteiger partial charge in [-0.15, -0.1) is 0 Å². The van der Waals surface area contributed by atoms with Crippen molar-refractivity contribution in [1.82, 2.24) is 5.32 Å². The number of hydrogen-bond donors (Lipinski definition) is 4. The highest BCUT2D eigenvalue weighted by Gasteiger charge is 2.58. The first-order chi connectivity index (χ1) is 10.6. The average Bonchev–Trinajstić information content (AvgIpc) is 2.96. The molecular weight excluding hydrogens is 290 g/mol. The Kier molecular flexibility index (Phi) is 4.26. The number of fused-ring (bicyclic) bond motifs is 2. The van der Waals surface area contributed by atoms with Crippen molar-refractivity contribution in [2.75, 3.05) is 19.8 Å². The van der Waals surface area contributed by atoms with Gasteiger partial charge < -0.3 is 24.8 Å². The normalized spacial score (nSPS) is 37.2. The van der Waals surface area contributed by atoms with Crippen molar-refractivity contribution in [3.8, 4) is 0 Å². The van der Waals surface area contributed by atoms with E-state index in [0.717, 1.165) is 0 Å². The minimum Gasteiger partial charge on any atom is -0.393 e. The Labute approximate surface area is 127 Å². The Morgan fingerprint density at radius 3 is 2.73 bits per heavy atom. The third kappa shape index (κ3) is 2.56. The van der Waals surface area contributed by atoms with E-state index in [-0.39, 0.29) is 18.9 Å². The van der Waals surface area contributed by atoms with Gasteiger partial charge in [-0.1, -0.05) is 30.3 Å². The predicted molar refractivity (Wildman–Crippen MR) is 75.2 cm³/mol. The molecule has 2 aliphatic rings. The number of aliphatic hydroxyl groups excluding tert-OH is 3. The maximum atomic E-state index is 12.1. The van der Waals surface area contributed by atoms with E-state index in [4.69, 9.17) is 9.47 Å². The molecule has 3 rings (SSSR count). The molecule has 0 spiro atoms. The predicted octanol–water partition coefficient (Wildman–Crippen LogP) is -1.33. The Hall–Kier alpha value is -1.35. The van der Waals surface area contributed by atoms with Crippen molar-refractivity contribution in [2.45, 2.75) is 30.1 Å². The highest BCUT2D eigenvalue weighted by atomic mass is 16.7. The molecule has 7 heteroatoms. The molecule has 2 aliphatic heterocycles. The lowest BCUT2D eigenvalue weighted by molar-refractivity contribution is -0.233. The van der Waals surface area contributed by atoms with Crippen LogP contribution in [-0.2, 0) is 9.47 Å². The van der Waals surface area contributed by atoms with Crippen molar-refractivity contribution >= 4 is 5.78 Å². The first-order valence-electron chi connectivity index (χ1n) is 7.15. The second-order valence-electron chi connectivity index (χ2n) is 5.65. The molecule has 2 heterocycles. The largest absolute Gasteiger partial charge is 0.393 e. The topological polar surface area (TPSA) is 108 Å². The van der Waals surface area contributed by atoms with Gasteiger partial charge in [0.15, 0.2) is 12.1 Å². The van der Waals surface area contributed by atoms with Crippen LogP contribution in [0.25, 0.3) is 0 Å². The summed E-state index contributed by atoms with van der Waals surface area (Å²) in [5.74, 6) is -0.140. The monoisotopic (exact) mass is 309 g/mol. The molecule has 1 aromatic carbocycles. The summed E-state index contributed by atoms with van der Waals surface area (Å²) in [6, 6.07) is 8.02. The van der Waals surface area contributed by atoms with Crippen LogP contribution in [0, 0.1) is 0 Å². The Bertz CT molecular complexity index is 538. The van der Waals surface area contributed by atoms with Crippen LogP contribution in [0.5, 0.6) is 0 Å². The van der Waals surface area contributed by atoms with Crippen LogP contribution in [0.3, 0.4) is 0 Å². The number of carbonyl (C=O) groups excluding carboxylic acids is 1. The van der Waals surface area contributed by atoms with Gasteiger partial charge in [0.25, 0.3) is 0 Å². The number of benzene rings is 1. The average molecular weight is 309 g/mol. The lowest BCUT2D eigenvalue weighted by Crippen LogP contribution is -2.66. The van der Waals surface area contributed by atoms with Crippen LogP contribution >= 0.6 is 0 Å². The molecule has 120 valence electrons. The summed E-state index contributed by atoms with van der Waals surface area (Å²) in [5, 5.41) is 32.6. The van der Waals surface area contributed by atoms with Crippen molar-refractivity contribution in [1.29, 1.82) is 0 Å². The summed E-state index contributed by atoms with van der Waals surface area (Å²) < 4.78 is 10.9. The summed E-state index contributed by atoms with van der Waals surface area (Å²) in [5.41, 5.74) is -0.732. The molecule has 5 atom stereocenters. The number of rotatable bonds is 5. The van der Waals surface area contributed by atoms with E-state index in [0.29, 0.717) is 5.56 Å². The lowest BCUT2D eigenvalue weighted by atomic mass is 9.88. The SMILES string of the molecule is O=C(CN[C@@H]1C2OC[C@](CO)(O2)[C@H](O)[C@@H]1O)c1ccccc1. The zero-order chi connectivity index (χ0) is 15.7. The zero-order valence-corrected chi connectivity index (χ0v) is 11.9. The maximum Gasteiger partial charge on any atom is 0.176 e. The smallest absolute Gasteiger partial charge is 0.176 e. The number of aliphatic hydroxyl groups is 3. The summed E-state index contributed by atoms with van der Waals surface area (Å²) >= 11 is 0. The Balaban J connectivity index is 1.65. The highest BCUT2D eigenvalue weighted by molar-refractivity contribution is 5.97. The lowest BCUT2D eigenvalue weighted by Gasteiger charge is -2.42. The quantitative estimate of drug-likeness (QED) is 0.499. The summed E-state index contributed by atoms with van der Waals surface area (Å²) in [7, 11) is 0. The molecule has 0 radical (unpaired) electrons. The molecule has 4 N–H and O–H groups in total. The molecule has 0 aliphatic carbocycles. The second kappa shape index (κ2) is 6.04. The minimum atomic E-state index is -1.29. The second-order valence-corrected chi connectivity index (χ2v) is 5.65. The van der Waals surface area contributed by atoms with Crippen molar-refractivity contribution in [2.24, 2.45) is 0 Å². The van der Waals surface area contributed by atoms with Crippen molar-refractivity contribution < 1.29 is 29.6 Å². The fraction of sp³-hybridized carbons (Fsp3) is 0.533. The fourth-order valence-electron chi connectivity index (χ4n) is 2.85. The number of hydrogen-bond acceptors (Lipinski definition) is 7. The molecule has 2 fully saturated rings. The van der Waals surface area contributed by atoms with Crippen LogP contribution in [0.4, 0.5) is 0 Å². The standard InChI is InChI=1S/C15H19NO6/c17-7-15-8-21-14(22-15)11(12(19)13(15)20)16-6-10(18)9-4-2-1-3-5-9/h1-5,11-14,16-17,19-20H,6-8H2/t11-,12+,13+,14?,15-/m0/s1.